The van der Waals surface area contributed by atoms with Gasteiger partial charge in [0, 0.05) is 36.2 Å². The highest BCUT2D eigenvalue weighted by atomic mass is 28.1. The molecule has 1 aromatic heterocycles. The number of rotatable bonds is 3. The number of benzene rings is 2. The number of nitrogens with zero attached hydrogens (tertiary/aromatic N) is 1. The zero-order valence-corrected chi connectivity index (χ0v) is 15.0. The lowest BCUT2D eigenvalue weighted by molar-refractivity contribution is 0.142. The first-order valence-corrected chi connectivity index (χ1v) is 8.82. The average molecular weight is 348 g/mol. The van der Waals surface area contributed by atoms with E-state index in [1.54, 1.807) is 11.6 Å². The molecule has 0 spiro atoms. The summed E-state index contributed by atoms with van der Waals surface area (Å²) in [6.07, 6.45) is 2.84. The van der Waals surface area contributed by atoms with Crippen molar-refractivity contribution in [3.8, 4) is 16.9 Å². The molecule has 2 heterocycles. The molecule has 1 aliphatic rings. The average Bonchev–Trinajstić information content (AvgIpc) is 3.13. The molecule has 4 nitrogen and oxygen atoms in total. The predicted octanol–water partition coefficient (Wildman–Crippen LogP) is 2.17. The van der Waals surface area contributed by atoms with Crippen LogP contribution in [0.3, 0.4) is 0 Å². The topological polar surface area (TPSA) is 40.5 Å². The molecule has 125 valence electrons. The molecule has 4 rings (SSSR count). The van der Waals surface area contributed by atoms with Crippen LogP contribution in [0.4, 0.5) is 0 Å². The molecule has 5 heteroatoms. The third-order valence-electron chi connectivity index (χ3n) is 4.54. The van der Waals surface area contributed by atoms with E-state index >= 15 is 0 Å². The minimum Gasteiger partial charge on any atom is -0.487 e. The van der Waals surface area contributed by atoms with Gasteiger partial charge < -0.3 is 14.0 Å². The monoisotopic (exact) mass is 348 g/mol. The number of fused-ring (bicyclic) bond motifs is 1. The number of ether oxygens (including phenoxy) is 2. The Balaban J connectivity index is 1.92. The zero-order valence-electron chi connectivity index (χ0n) is 14.0. The highest BCUT2D eigenvalue weighted by molar-refractivity contribution is 6.32. The summed E-state index contributed by atoms with van der Waals surface area (Å²) in [6.45, 7) is 1.35. The summed E-state index contributed by atoms with van der Waals surface area (Å²) in [5.41, 5.74) is 1.94. The number of hydrogen-bond donors (Lipinski definition) is 0. The molecular weight excluding hydrogens is 330 g/mol. The van der Waals surface area contributed by atoms with Gasteiger partial charge in [-0.05, 0) is 17.5 Å². The highest BCUT2D eigenvalue weighted by Crippen LogP contribution is 2.34. The van der Waals surface area contributed by atoms with Gasteiger partial charge in [0.15, 0.2) is 0 Å². The van der Waals surface area contributed by atoms with Crippen LogP contribution in [0.5, 0.6) is 5.75 Å². The van der Waals surface area contributed by atoms with E-state index in [2.05, 4.69) is 10.2 Å². The van der Waals surface area contributed by atoms with Crippen molar-refractivity contribution in [1.82, 2.24) is 4.57 Å². The minimum atomic E-state index is 0.000499. The third kappa shape index (κ3) is 3.01. The Morgan fingerprint density at radius 1 is 1.16 bits per heavy atom. The van der Waals surface area contributed by atoms with Crippen LogP contribution in [0.15, 0.2) is 53.5 Å². The Labute approximate surface area is 149 Å². The van der Waals surface area contributed by atoms with Gasteiger partial charge in [-0.15, -0.1) is 0 Å². The fourth-order valence-corrected chi connectivity index (χ4v) is 3.49. The van der Waals surface area contributed by atoms with E-state index in [1.807, 2.05) is 48.7 Å². The van der Waals surface area contributed by atoms with E-state index < -0.39 is 0 Å². The predicted molar refractivity (Wildman–Crippen MR) is 99.9 cm³/mol. The van der Waals surface area contributed by atoms with Gasteiger partial charge in [0.2, 0.25) is 0 Å². The second-order valence-electron chi connectivity index (χ2n) is 6.32. The Bertz CT molecular complexity index is 990. The van der Waals surface area contributed by atoms with Crippen LogP contribution >= 0.6 is 0 Å². The molecule has 1 fully saturated rings. The van der Waals surface area contributed by atoms with Crippen LogP contribution in [0.2, 0.25) is 0 Å². The third-order valence-corrected chi connectivity index (χ3v) is 4.85. The van der Waals surface area contributed by atoms with Crippen LogP contribution in [0.1, 0.15) is 6.42 Å². The number of hydrogen-bond acceptors (Lipinski definition) is 3. The maximum absolute atomic E-state index is 12.4. The summed E-state index contributed by atoms with van der Waals surface area (Å²) in [4.78, 5) is 12.4. The summed E-state index contributed by atoms with van der Waals surface area (Å²) in [5, 5.41) is 2.59. The lowest BCUT2D eigenvalue weighted by Gasteiger charge is -2.18. The van der Waals surface area contributed by atoms with E-state index in [0.717, 1.165) is 40.5 Å². The molecule has 1 atom stereocenters. The summed E-state index contributed by atoms with van der Waals surface area (Å²) < 4.78 is 13.2. The maximum atomic E-state index is 12.4. The number of pyridine rings is 1. The van der Waals surface area contributed by atoms with Crippen LogP contribution in [-0.2, 0) is 11.8 Å². The van der Waals surface area contributed by atoms with Crippen molar-refractivity contribution in [2.24, 2.45) is 7.05 Å². The largest absolute Gasteiger partial charge is 0.487 e. The molecule has 3 radical (unpaired) electrons. The van der Waals surface area contributed by atoms with E-state index in [9.17, 15) is 4.79 Å². The molecule has 0 saturated carbocycles. The smallest absolute Gasteiger partial charge is 0.258 e. The molecule has 0 N–H and O–H groups in total. The second kappa shape index (κ2) is 6.50. The van der Waals surface area contributed by atoms with Crippen LogP contribution in [0.25, 0.3) is 21.9 Å². The van der Waals surface area contributed by atoms with Gasteiger partial charge in [-0.25, -0.2) is 0 Å². The van der Waals surface area contributed by atoms with Gasteiger partial charge in [-0.2, -0.15) is 0 Å². The summed E-state index contributed by atoms with van der Waals surface area (Å²) in [5.74, 6) is 0.807. The molecule has 1 unspecified atom stereocenters. The summed E-state index contributed by atoms with van der Waals surface area (Å²) >= 11 is 0. The molecular formula is C20H18NO3Si. The van der Waals surface area contributed by atoms with E-state index in [0.29, 0.717) is 12.0 Å². The minimum absolute atomic E-state index is 0.000499. The van der Waals surface area contributed by atoms with E-state index in [-0.39, 0.29) is 11.7 Å². The van der Waals surface area contributed by atoms with Crippen molar-refractivity contribution in [3.63, 3.8) is 0 Å². The van der Waals surface area contributed by atoms with Gasteiger partial charge in [0.25, 0.3) is 5.56 Å². The van der Waals surface area contributed by atoms with Crippen molar-refractivity contribution in [3.05, 3.63) is 59.0 Å². The molecule has 1 aliphatic heterocycles. The van der Waals surface area contributed by atoms with Crippen LogP contribution in [-0.4, -0.2) is 34.1 Å². The van der Waals surface area contributed by atoms with Crippen molar-refractivity contribution >= 4 is 26.2 Å². The molecule has 3 aromatic rings. The number of aryl methyl sites for hydroxylation is 1. The van der Waals surface area contributed by atoms with Gasteiger partial charge in [-0.3, -0.25) is 4.79 Å². The molecule has 1 saturated heterocycles. The fourth-order valence-electron chi connectivity index (χ4n) is 3.26. The second-order valence-corrected chi connectivity index (χ2v) is 6.90. The molecule has 2 aromatic carbocycles. The van der Waals surface area contributed by atoms with Gasteiger partial charge >= 0.3 is 0 Å². The zero-order chi connectivity index (χ0) is 17.4. The lowest BCUT2D eigenvalue weighted by Crippen LogP contribution is -2.18. The van der Waals surface area contributed by atoms with Crippen molar-refractivity contribution in [2.75, 3.05) is 13.2 Å². The molecule has 25 heavy (non-hydrogen) atoms. The standard InChI is InChI=1S/C20H18NO3Si/c1-21-11-18(15-4-2-3-5-16(15)20(21)22)17-10-14(25)6-7-19(17)24-13-8-9-23-12-13/h2-7,10-11,13H,8-9,12H2,1H3. The summed E-state index contributed by atoms with van der Waals surface area (Å²) in [7, 11) is 5.39. The van der Waals surface area contributed by atoms with Crippen LogP contribution < -0.4 is 15.5 Å². The van der Waals surface area contributed by atoms with Crippen molar-refractivity contribution < 1.29 is 9.47 Å². The molecule has 0 amide bonds. The van der Waals surface area contributed by atoms with E-state index in [4.69, 9.17) is 9.47 Å². The normalized spacial score (nSPS) is 17.1. The van der Waals surface area contributed by atoms with Gasteiger partial charge in [-0.1, -0.05) is 35.5 Å². The van der Waals surface area contributed by atoms with E-state index in [1.165, 1.54) is 0 Å². The summed E-state index contributed by atoms with van der Waals surface area (Å²) in [6, 6.07) is 13.7. The fraction of sp³-hybridized carbons (Fsp3) is 0.250. The Morgan fingerprint density at radius 2 is 1.96 bits per heavy atom. The molecule has 0 bridgehead atoms. The van der Waals surface area contributed by atoms with Gasteiger partial charge in [0.05, 0.1) is 23.5 Å². The first kappa shape index (κ1) is 16.1. The van der Waals surface area contributed by atoms with Gasteiger partial charge in [0.1, 0.15) is 11.9 Å². The quantitative estimate of drug-likeness (QED) is 0.681. The highest BCUT2D eigenvalue weighted by Gasteiger charge is 2.20. The van der Waals surface area contributed by atoms with Crippen LogP contribution in [0, 0.1) is 0 Å². The maximum Gasteiger partial charge on any atom is 0.258 e. The molecule has 0 aliphatic carbocycles. The Hall–Kier alpha value is -2.37. The van der Waals surface area contributed by atoms with Crippen molar-refractivity contribution in [2.45, 2.75) is 12.5 Å². The van der Waals surface area contributed by atoms with Crippen molar-refractivity contribution in [1.29, 1.82) is 0 Å². The Kier molecular flexibility index (Phi) is 4.19. The first-order chi connectivity index (χ1) is 12.1. The number of aromatic nitrogens is 1. The lowest BCUT2D eigenvalue weighted by atomic mass is 9.99. The Morgan fingerprint density at radius 3 is 2.72 bits per heavy atom. The SMILES string of the molecule is Cn1cc(-c2cc([Si])ccc2OC2CCOC2)c2ccccc2c1=O. The first-order valence-electron chi connectivity index (χ1n) is 8.32.